The predicted molar refractivity (Wildman–Crippen MR) is 107 cm³/mol. The van der Waals surface area contributed by atoms with Gasteiger partial charge in [0.2, 0.25) is 5.91 Å². The molecular weight excluding hydrogens is 401 g/mol. The van der Waals surface area contributed by atoms with E-state index in [1.165, 1.54) is 23.5 Å². The number of hydrogen-bond donors (Lipinski definition) is 1. The maximum absolute atomic E-state index is 13.1. The minimum atomic E-state index is -0.320. The lowest BCUT2D eigenvalue weighted by atomic mass is 10.1. The van der Waals surface area contributed by atoms with Crippen molar-refractivity contribution in [3.05, 3.63) is 52.2 Å². The third-order valence-electron chi connectivity index (χ3n) is 3.98. The van der Waals surface area contributed by atoms with Crippen LogP contribution < -0.4 is 5.32 Å². The van der Waals surface area contributed by atoms with Gasteiger partial charge in [0.15, 0.2) is 5.78 Å². The Kier molecular flexibility index (Phi) is 6.34. The molecule has 142 valence electrons. The van der Waals surface area contributed by atoms with Crippen LogP contribution in [0, 0.1) is 17.1 Å². The average Bonchev–Trinajstić information content (AvgIpc) is 3.08. The highest BCUT2D eigenvalue weighted by atomic mass is 35.5. The molecule has 0 aliphatic heterocycles. The van der Waals surface area contributed by atoms with Crippen LogP contribution in [0.25, 0.3) is 21.3 Å². The Morgan fingerprint density at radius 2 is 1.96 bits per heavy atom. The smallest absolute Gasteiger partial charge is 0.227 e. The van der Waals surface area contributed by atoms with Gasteiger partial charge in [-0.05, 0) is 35.4 Å². The minimum absolute atomic E-state index is 0.0348. The summed E-state index contributed by atoms with van der Waals surface area (Å²) in [5.74, 6) is -0.821. The number of carbonyl (C=O) groups excluding carboxylic acids is 2. The summed E-state index contributed by atoms with van der Waals surface area (Å²) in [6, 6.07) is 11.7. The topological polar surface area (TPSA) is 82.9 Å². The molecular formula is C20H15ClFN3O2S. The lowest BCUT2D eigenvalue weighted by Crippen LogP contribution is -2.30. The van der Waals surface area contributed by atoms with Crippen LogP contribution in [0.2, 0.25) is 5.02 Å². The molecule has 0 atom stereocenters. The number of rotatable bonds is 7. The summed E-state index contributed by atoms with van der Waals surface area (Å²) < 4.78 is 13.9. The number of nitriles is 1. The number of nitrogens with one attached hydrogen (secondary N) is 1. The van der Waals surface area contributed by atoms with Crippen LogP contribution in [-0.4, -0.2) is 23.2 Å². The Bertz CT molecular complexity index is 1070. The standard InChI is InChI=1S/C20H15ClFN3O2S/c21-16-8-13(12-3-5-14(22)6-4-12)9-17-20(16)25-19(28-17)10-18(27)24-11-15(26)2-1-7-23/h3-6,8-9H,1-2,10-11H2,(H,24,27). The highest BCUT2D eigenvalue weighted by Crippen LogP contribution is 2.34. The number of halogens is 2. The average molecular weight is 416 g/mol. The van der Waals surface area contributed by atoms with Crippen molar-refractivity contribution in [2.75, 3.05) is 6.54 Å². The maximum atomic E-state index is 13.1. The molecule has 0 aliphatic rings. The van der Waals surface area contributed by atoms with Crippen LogP contribution >= 0.6 is 22.9 Å². The van der Waals surface area contributed by atoms with Gasteiger partial charge < -0.3 is 5.32 Å². The van der Waals surface area contributed by atoms with Gasteiger partial charge in [0.05, 0.1) is 28.8 Å². The monoisotopic (exact) mass is 415 g/mol. The number of thiazole rings is 1. The van der Waals surface area contributed by atoms with Crippen LogP contribution in [0.15, 0.2) is 36.4 Å². The van der Waals surface area contributed by atoms with Gasteiger partial charge in [0.25, 0.3) is 0 Å². The Labute approximate surface area is 169 Å². The van der Waals surface area contributed by atoms with Crippen LogP contribution in [-0.2, 0) is 16.0 Å². The molecule has 0 spiro atoms. The summed E-state index contributed by atoms with van der Waals surface area (Å²) in [6.45, 7) is -0.0963. The van der Waals surface area contributed by atoms with E-state index in [0.717, 1.165) is 15.8 Å². The third kappa shape index (κ3) is 4.91. The van der Waals surface area contributed by atoms with Crippen molar-refractivity contribution in [2.45, 2.75) is 19.3 Å². The van der Waals surface area contributed by atoms with E-state index in [0.29, 0.717) is 15.5 Å². The summed E-state index contributed by atoms with van der Waals surface area (Å²) in [5.41, 5.74) is 2.26. The van der Waals surface area contributed by atoms with Crippen LogP contribution in [0.3, 0.4) is 0 Å². The van der Waals surface area contributed by atoms with Gasteiger partial charge in [-0.15, -0.1) is 11.3 Å². The Morgan fingerprint density at radius 3 is 2.68 bits per heavy atom. The fourth-order valence-electron chi connectivity index (χ4n) is 2.60. The van der Waals surface area contributed by atoms with Gasteiger partial charge in [0, 0.05) is 12.8 Å². The molecule has 1 N–H and O–H groups in total. The molecule has 8 heteroatoms. The number of aromatic nitrogens is 1. The second-order valence-corrected chi connectivity index (χ2v) is 7.59. The number of ketones is 1. The summed E-state index contributed by atoms with van der Waals surface area (Å²) in [5, 5.41) is 12.0. The number of hydrogen-bond acceptors (Lipinski definition) is 5. The van der Waals surface area contributed by atoms with Gasteiger partial charge in [0.1, 0.15) is 16.3 Å². The molecule has 1 heterocycles. The first kappa shape index (κ1) is 19.9. The molecule has 0 fully saturated rings. The molecule has 0 bridgehead atoms. The van der Waals surface area contributed by atoms with Crippen molar-refractivity contribution >= 4 is 44.8 Å². The van der Waals surface area contributed by atoms with E-state index in [1.54, 1.807) is 18.2 Å². The number of carbonyl (C=O) groups is 2. The predicted octanol–water partition coefficient (Wildman–Crippen LogP) is 4.29. The summed E-state index contributed by atoms with van der Waals surface area (Å²) in [7, 11) is 0. The van der Waals surface area contributed by atoms with Crippen molar-refractivity contribution in [1.82, 2.24) is 10.3 Å². The second kappa shape index (κ2) is 8.91. The van der Waals surface area contributed by atoms with E-state index in [4.69, 9.17) is 16.9 Å². The number of Topliss-reactive ketones (excluding diaryl/α,β-unsaturated/α-hetero) is 1. The second-order valence-electron chi connectivity index (χ2n) is 6.07. The van der Waals surface area contributed by atoms with Gasteiger partial charge in [-0.25, -0.2) is 9.37 Å². The Morgan fingerprint density at radius 1 is 1.21 bits per heavy atom. The lowest BCUT2D eigenvalue weighted by Gasteiger charge is -2.03. The van der Waals surface area contributed by atoms with Crippen molar-refractivity contribution in [3.63, 3.8) is 0 Å². The van der Waals surface area contributed by atoms with E-state index >= 15 is 0 Å². The molecule has 3 rings (SSSR count). The number of fused-ring (bicyclic) bond motifs is 1. The summed E-state index contributed by atoms with van der Waals surface area (Å²) in [4.78, 5) is 28.0. The zero-order valence-electron chi connectivity index (χ0n) is 14.7. The number of nitrogens with zero attached hydrogens (tertiary/aromatic N) is 2. The van der Waals surface area contributed by atoms with Crippen LogP contribution in [0.4, 0.5) is 4.39 Å². The molecule has 0 radical (unpaired) electrons. The highest BCUT2D eigenvalue weighted by Gasteiger charge is 2.14. The molecule has 0 aliphatic carbocycles. The molecule has 1 aromatic heterocycles. The molecule has 0 unspecified atom stereocenters. The van der Waals surface area contributed by atoms with E-state index in [9.17, 15) is 14.0 Å². The molecule has 5 nitrogen and oxygen atoms in total. The first-order valence-electron chi connectivity index (χ1n) is 8.46. The van der Waals surface area contributed by atoms with Crippen LogP contribution in [0.1, 0.15) is 17.8 Å². The van der Waals surface area contributed by atoms with Gasteiger partial charge in [-0.1, -0.05) is 23.7 Å². The number of benzene rings is 2. The normalized spacial score (nSPS) is 10.6. The maximum Gasteiger partial charge on any atom is 0.227 e. The number of amides is 1. The first-order valence-corrected chi connectivity index (χ1v) is 9.66. The van der Waals surface area contributed by atoms with Gasteiger partial charge in [-0.2, -0.15) is 5.26 Å². The molecule has 0 saturated carbocycles. The largest absolute Gasteiger partial charge is 0.349 e. The first-order chi connectivity index (χ1) is 13.5. The summed E-state index contributed by atoms with van der Waals surface area (Å²) >= 11 is 7.68. The Balaban J connectivity index is 1.72. The zero-order chi connectivity index (χ0) is 20.1. The quantitative estimate of drug-likeness (QED) is 0.624. The van der Waals surface area contributed by atoms with Crippen molar-refractivity contribution in [3.8, 4) is 17.2 Å². The van der Waals surface area contributed by atoms with Gasteiger partial charge in [-0.3, -0.25) is 9.59 Å². The molecule has 2 aromatic carbocycles. The molecule has 0 saturated heterocycles. The molecule has 3 aromatic rings. The van der Waals surface area contributed by atoms with Crippen molar-refractivity contribution in [2.24, 2.45) is 0 Å². The van der Waals surface area contributed by atoms with E-state index < -0.39 is 0 Å². The molecule has 1 amide bonds. The zero-order valence-corrected chi connectivity index (χ0v) is 16.2. The van der Waals surface area contributed by atoms with Crippen LogP contribution in [0.5, 0.6) is 0 Å². The van der Waals surface area contributed by atoms with Gasteiger partial charge >= 0.3 is 0 Å². The van der Waals surface area contributed by atoms with E-state index in [2.05, 4.69) is 10.3 Å². The summed E-state index contributed by atoms with van der Waals surface area (Å²) in [6.07, 6.45) is 0.300. The fraction of sp³-hybridized carbons (Fsp3) is 0.200. The third-order valence-corrected chi connectivity index (χ3v) is 5.27. The van der Waals surface area contributed by atoms with E-state index in [-0.39, 0.29) is 43.3 Å². The SMILES string of the molecule is N#CCCC(=O)CNC(=O)Cc1nc2c(Cl)cc(-c3ccc(F)cc3)cc2s1. The van der Waals surface area contributed by atoms with E-state index in [1.807, 2.05) is 12.1 Å². The fourth-order valence-corrected chi connectivity index (χ4v) is 3.95. The van der Waals surface area contributed by atoms with Crippen molar-refractivity contribution in [1.29, 1.82) is 5.26 Å². The Hall–Kier alpha value is -2.82. The highest BCUT2D eigenvalue weighted by molar-refractivity contribution is 7.18. The van der Waals surface area contributed by atoms with Crippen molar-refractivity contribution < 1.29 is 14.0 Å². The molecule has 28 heavy (non-hydrogen) atoms. The lowest BCUT2D eigenvalue weighted by molar-refractivity contribution is -0.124. The minimum Gasteiger partial charge on any atom is -0.349 e.